The molecule has 19 heavy (non-hydrogen) atoms. The number of hydrogen-bond donors (Lipinski definition) is 1. The van der Waals surface area contributed by atoms with Crippen LogP contribution in [0.25, 0.3) is 5.82 Å². The number of anilines is 1. The van der Waals surface area contributed by atoms with Gasteiger partial charge in [0.1, 0.15) is 12.7 Å². The van der Waals surface area contributed by atoms with Crippen molar-refractivity contribution < 1.29 is 0 Å². The number of rotatable bonds is 4. The Morgan fingerprint density at radius 2 is 2.21 bits per heavy atom. The SMILES string of the molecule is Cc1ncc(CNc2ccc(-n3cncn3)nc2)s1. The van der Waals surface area contributed by atoms with Crippen molar-refractivity contribution in [3.05, 3.63) is 47.1 Å². The molecule has 96 valence electrons. The van der Waals surface area contributed by atoms with E-state index in [1.165, 1.54) is 11.2 Å². The van der Waals surface area contributed by atoms with Crippen LogP contribution in [0.15, 0.2) is 37.2 Å². The lowest BCUT2D eigenvalue weighted by Gasteiger charge is -2.05. The van der Waals surface area contributed by atoms with E-state index in [1.807, 2.05) is 25.3 Å². The van der Waals surface area contributed by atoms with Crippen LogP contribution in [0.1, 0.15) is 9.88 Å². The van der Waals surface area contributed by atoms with Crippen molar-refractivity contribution in [3.8, 4) is 5.82 Å². The summed E-state index contributed by atoms with van der Waals surface area (Å²) < 4.78 is 1.62. The first-order valence-electron chi connectivity index (χ1n) is 5.77. The van der Waals surface area contributed by atoms with Crippen molar-refractivity contribution in [2.24, 2.45) is 0 Å². The number of pyridine rings is 1. The van der Waals surface area contributed by atoms with Crippen LogP contribution >= 0.6 is 11.3 Å². The maximum atomic E-state index is 4.32. The monoisotopic (exact) mass is 272 g/mol. The zero-order valence-corrected chi connectivity index (χ0v) is 11.1. The van der Waals surface area contributed by atoms with Crippen LogP contribution in [0.4, 0.5) is 5.69 Å². The quantitative estimate of drug-likeness (QED) is 0.787. The molecule has 0 atom stereocenters. The number of aromatic nitrogens is 5. The van der Waals surface area contributed by atoms with Gasteiger partial charge in [-0.05, 0) is 19.1 Å². The fourth-order valence-electron chi connectivity index (χ4n) is 1.63. The van der Waals surface area contributed by atoms with E-state index >= 15 is 0 Å². The summed E-state index contributed by atoms with van der Waals surface area (Å²) in [6, 6.07) is 3.87. The topological polar surface area (TPSA) is 68.5 Å². The highest BCUT2D eigenvalue weighted by atomic mass is 32.1. The zero-order chi connectivity index (χ0) is 13.1. The summed E-state index contributed by atoms with van der Waals surface area (Å²) in [6.07, 6.45) is 6.78. The van der Waals surface area contributed by atoms with Crippen molar-refractivity contribution in [1.82, 2.24) is 24.7 Å². The van der Waals surface area contributed by atoms with Crippen LogP contribution in [0, 0.1) is 6.92 Å². The lowest BCUT2D eigenvalue weighted by atomic mass is 10.4. The molecule has 0 aliphatic heterocycles. The maximum absolute atomic E-state index is 4.32. The fraction of sp³-hybridized carbons (Fsp3) is 0.167. The molecule has 6 nitrogen and oxygen atoms in total. The number of aryl methyl sites for hydroxylation is 1. The molecule has 3 aromatic rings. The molecule has 0 radical (unpaired) electrons. The molecule has 7 heteroatoms. The molecule has 0 fully saturated rings. The molecule has 0 spiro atoms. The van der Waals surface area contributed by atoms with Crippen molar-refractivity contribution in [2.45, 2.75) is 13.5 Å². The number of thiazole rings is 1. The van der Waals surface area contributed by atoms with Gasteiger partial charge in [-0.2, -0.15) is 5.10 Å². The first kappa shape index (κ1) is 11.8. The molecule has 3 rings (SSSR count). The number of nitrogens with zero attached hydrogens (tertiary/aromatic N) is 5. The maximum Gasteiger partial charge on any atom is 0.155 e. The van der Waals surface area contributed by atoms with E-state index in [4.69, 9.17) is 0 Å². The van der Waals surface area contributed by atoms with E-state index in [0.717, 1.165) is 23.1 Å². The van der Waals surface area contributed by atoms with Gasteiger partial charge in [-0.3, -0.25) is 0 Å². The fourth-order valence-corrected chi connectivity index (χ4v) is 2.36. The van der Waals surface area contributed by atoms with Gasteiger partial charge in [-0.15, -0.1) is 11.3 Å². The van der Waals surface area contributed by atoms with Crippen LogP contribution in [0.3, 0.4) is 0 Å². The van der Waals surface area contributed by atoms with Crippen molar-refractivity contribution in [3.63, 3.8) is 0 Å². The van der Waals surface area contributed by atoms with Crippen LogP contribution in [0.2, 0.25) is 0 Å². The third-order valence-corrected chi connectivity index (χ3v) is 3.45. The molecule has 3 aromatic heterocycles. The smallest absolute Gasteiger partial charge is 0.155 e. The third-order valence-electron chi connectivity index (χ3n) is 2.54. The molecule has 3 heterocycles. The molecule has 1 N–H and O–H groups in total. The Kier molecular flexibility index (Phi) is 3.20. The van der Waals surface area contributed by atoms with Crippen LogP contribution in [0.5, 0.6) is 0 Å². The summed E-state index contributed by atoms with van der Waals surface area (Å²) in [4.78, 5) is 13.6. The van der Waals surface area contributed by atoms with Gasteiger partial charge in [0.2, 0.25) is 0 Å². The Morgan fingerprint density at radius 3 is 2.84 bits per heavy atom. The molecule has 0 amide bonds. The third kappa shape index (κ3) is 2.76. The summed E-state index contributed by atoms with van der Waals surface area (Å²) in [5.41, 5.74) is 0.968. The standard InChI is InChI=1S/C12H12N6S/c1-9-14-5-11(19-9)6-15-10-2-3-12(16-4-10)18-8-13-7-17-18/h2-5,7-8,15H,6H2,1H3. The van der Waals surface area contributed by atoms with E-state index < -0.39 is 0 Å². The van der Waals surface area contributed by atoms with E-state index in [1.54, 1.807) is 28.5 Å². The van der Waals surface area contributed by atoms with Crippen molar-refractivity contribution >= 4 is 17.0 Å². The van der Waals surface area contributed by atoms with Gasteiger partial charge in [-0.1, -0.05) is 0 Å². The van der Waals surface area contributed by atoms with Crippen LogP contribution in [-0.2, 0) is 6.54 Å². The number of hydrogen-bond acceptors (Lipinski definition) is 6. The van der Waals surface area contributed by atoms with Gasteiger partial charge in [0.25, 0.3) is 0 Å². The molecular weight excluding hydrogens is 260 g/mol. The van der Waals surface area contributed by atoms with Crippen molar-refractivity contribution in [1.29, 1.82) is 0 Å². The normalized spacial score (nSPS) is 10.6. The Balaban J connectivity index is 1.66. The van der Waals surface area contributed by atoms with Crippen molar-refractivity contribution in [2.75, 3.05) is 5.32 Å². The minimum atomic E-state index is 0.747. The second-order valence-electron chi connectivity index (χ2n) is 3.94. The zero-order valence-electron chi connectivity index (χ0n) is 10.3. The highest BCUT2D eigenvalue weighted by Crippen LogP contribution is 2.14. The molecule has 0 unspecified atom stereocenters. The molecule has 0 bridgehead atoms. The molecule has 0 aliphatic carbocycles. The van der Waals surface area contributed by atoms with E-state index in [0.29, 0.717) is 0 Å². The van der Waals surface area contributed by atoms with Gasteiger partial charge in [0, 0.05) is 11.1 Å². The van der Waals surface area contributed by atoms with Gasteiger partial charge in [0.05, 0.1) is 23.4 Å². The van der Waals surface area contributed by atoms with Gasteiger partial charge >= 0.3 is 0 Å². The second kappa shape index (κ2) is 5.15. The summed E-state index contributed by atoms with van der Waals surface area (Å²) in [5, 5.41) is 8.42. The van der Waals surface area contributed by atoms with Gasteiger partial charge in [0.15, 0.2) is 5.82 Å². The molecule has 0 saturated heterocycles. The average molecular weight is 272 g/mol. The summed E-state index contributed by atoms with van der Waals surface area (Å²) in [5.74, 6) is 0.747. The van der Waals surface area contributed by atoms with Crippen LogP contribution < -0.4 is 5.32 Å². The summed E-state index contributed by atoms with van der Waals surface area (Å²) in [6.45, 7) is 2.76. The second-order valence-corrected chi connectivity index (χ2v) is 5.26. The largest absolute Gasteiger partial charge is 0.379 e. The molecule has 0 aromatic carbocycles. The highest BCUT2D eigenvalue weighted by Gasteiger charge is 2.00. The molecule has 0 aliphatic rings. The average Bonchev–Trinajstić information content (AvgIpc) is 3.08. The Hall–Kier alpha value is -2.28. The van der Waals surface area contributed by atoms with E-state index in [9.17, 15) is 0 Å². The minimum Gasteiger partial charge on any atom is -0.379 e. The van der Waals surface area contributed by atoms with E-state index in [-0.39, 0.29) is 0 Å². The van der Waals surface area contributed by atoms with E-state index in [2.05, 4.69) is 25.4 Å². The van der Waals surface area contributed by atoms with Gasteiger partial charge in [-0.25, -0.2) is 19.6 Å². The lowest BCUT2D eigenvalue weighted by molar-refractivity contribution is 0.845. The van der Waals surface area contributed by atoms with Gasteiger partial charge < -0.3 is 5.32 Å². The predicted octanol–water partition coefficient (Wildman–Crippen LogP) is 2.04. The lowest BCUT2D eigenvalue weighted by Crippen LogP contribution is -2.01. The predicted molar refractivity (Wildman–Crippen MR) is 73.3 cm³/mol. The Bertz CT molecular complexity index is 643. The molecule has 0 saturated carbocycles. The summed E-state index contributed by atoms with van der Waals surface area (Å²) >= 11 is 1.69. The first-order valence-corrected chi connectivity index (χ1v) is 6.59. The number of nitrogens with one attached hydrogen (secondary N) is 1. The van der Waals surface area contributed by atoms with Crippen LogP contribution in [-0.4, -0.2) is 24.7 Å². The Labute approximate surface area is 114 Å². The Morgan fingerprint density at radius 1 is 1.26 bits per heavy atom. The first-order chi connectivity index (χ1) is 9.31. The minimum absolute atomic E-state index is 0.747. The molecular formula is C12H12N6S. The summed E-state index contributed by atoms with van der Waals surface area (Å²) in [7, 11) is 0. The highest BCUT2D eigenvalue weighted by molar-refractivity contribution is 7.11.